The van der Waals surface area contributed by atoms with Gasteiger partial charge in [0.05, 0.1) is 0 Å². The van der Waals surface area contributed by atoms with Gasteiger partial charge in [-0.15, -0.1) is 0 Å². The molecule has 8 rings (SSSR count). The fraction of sp³-hybridized carbons (Fsp3) is 0.310. The predicted octanol–water partition coefficient (Wildman–Crippen LogP) is 18.3. The van der Waals surface area contributed by atoms with E-state index in [1.165, 1.54) is 89.0 Å². The zero-order valence-electron chi connectivity index (χ0n) is 38.6. The second-order valence-electron chi connectivity index (χ2n) is 19.4. The van der Waals surface area contributed by atoms with Crippen LogP contribution in [0.4, 0.5) is 0 Å². The molecule has 319 valence electrons. The number of allylic oxidation sites excluding steroid dienone is 2. The molecule has 6 aromatic carbocycles. The molecule has 0 saturated heterocycles. The Labute approximate surface area is 382 Å². The van der Waals surface area contributed by atoms with Gasteiger partial charge in [-0.1, -0.05) is 0 Å². The van der Waals surface area contributed by atoms with Crippen LogP contribution in [-0.2, 0) is 15.6 Å². The van der Waals surface area contributed by atoms with E-state index < -0.39 is 21.5 Å². The number of rotatable bonds is 13. The summed E-state index contributed by atoms with van der Waals surface area (Å²) in [5.74, 6) is -0.460. The van der Waals surface area contributed by atoms with Crippen molar-refractivity contribution in [1.82, 2.24) is 0 Å². The van der Waals surface area contributed by atoms with E-state index in [-0.39, 0.29) is 7.25 Å². The van der Waals surface area contributed by atoms with Crippen LogP contribution >= 0.6 is 17.0 Å². The quantitative estimate of drug-likeness (QED) is 0.101. The molecule has 2 aliphatic rings. The Kier molecular flexibility index (Phi) is 12.9. The summed E-state index contributed by atoms with van der Waals surface area (Å²) in [4.78, 5) is 0. The molecule has 0 amide bonds. The Morgan fingerprint density at radius 2 is 0.823 bits per heavy atom. The maximum atomic E-state index is 9.22. The van der Waals surface area contributed by atoms with Gasteiger partial charge in [-0.3, -0.25) is 0 Å². The van der Waals surface area contributed by atoms with Crippen molar-refractivity contribution in [2.24, 2.45) is 11.8 Å². The monoisotopic (exact) mass is 949 g/mol. The van der Waals surface area contributed by atoms with Crippen LogP contribution < -0.4 is 0 Å². The first-order valence-electron chi connectivity index (χ1n) is 23.4. The van der Waals surface area contributed by atoms with E-state index in [2.05, 4.69) is 214 Å². The van der Waals surface area contributed by atoms with Crippen LogP contribution in [0.5, 0.6) is 0 Å². The fourth-order valence-electron chi connectivity index (χ4n) is 11.1. The molecule has 0 aromatic heterocycles. The molecule has 0 spiro atoms. The van der Waals surface area contributed by atoms with Crippen LogP contribution in [0.15, 0.2) is 145 Å². The van der Waals surface area contributed by atoms with Crippen LogP contribution in [0.1, 0.15) is 121 Å². The summed E-state index contributed by atoms with van der Waals surface area (Å²) in [6.07, 6.45) is 7.25. The van der Waals surface area contributed by atoms with Crippen molar-refractivity contribution >= 4 is 35.1 Å². The van der Waals surface area contributed by atoms with Crippen LogP contribution in [0, 0.1) is 11.8 Å². The minimum atomic E-state index is -5.22. The van der Waals surface area contributed by atoms with Gasteiger partial charge < -0.3 is 0 Å². The van der Waals surface area contributed by atoms with Crippen molar-refractivity contribution in [1.29, 1.82) is 0 Å². The van der Waals surface area contributed by atoms with Gasteiger partial charge >= 0.3 is 385 Å². The molecule has 0 heterocycles. The van der Waals surface area contributed by atoms with Gasteiger partial charge in [0, 0.05) is 0 Å². The first kappa shape index (κ1) is 45.1. The molecule has 6 aromatic rings. The van der Waals surface area contributed by atoms with E-state index in [0.717, 1.165) is 12.8 Å². The molecular formula is C58H65Cl2SiZr. The molecule has 4 heteroatoms. The Morgan fingerprint density at radius 3 is 1.16 bits per heavy atom. The Bertz CT molecular complexity index is 2490. The second-order valence-corrected chi connectivity index (χ2v) is 61.9. The average molecular weight is 952 g/mol. The third-order valence-electron chi connectivity index (χ3n) is 14.9. The molecule has 4 atom stereocenters. The molecule has 0 N–H and O–H groups in total. The van der Waals surface area contributed by atoms with Crippen LogP contribution in [-0.4, -0.2) is 5.92 Å². The third-order valence-corrected chi connectivity index (χ3v) is 66.6. The van der Waals surface area contributed by atoms with Gasteiger partial charge in [-0.2, -0.15) is 0 Å². The molecule has 0 fully saturated rings. The van der Waals surface area contributed by atoms with Crippen molar-refractivity contribution in [3.05, 3.63) is 178 Å². The summed E-state index contributed by atoms with van der Waals surface area (Å²) in [6, 6.07) is 49.9. The Balaban J connectivity index is 1.47. The molecule has 0 aliphatic heterocycles. The van der Waals surface area contributed by atoms with Crippen molar-refractivity contribution in [3.63, 3.8) is 0 Å². The molecule has 4 unspecified atom stereocenters. The van der Waals surface area contributed by atoms with Gasteiger partial charge in [0.15, 0.2) is 0 Å². The van der Waals surface area contributed by atoms with Crippen molar-refractivity contribution in [2.45, 2.75) is 100 Å². The van der Waals surface area contributed by atoms with E-state index in [4.69, 9.17) is 0 Å². The van der Waals surface area contributed by atoms with E-state index in [9.17, 15) is 17.0 Å². The van der Waals surface area contributed by atoms with Gasteiger partial charge in [-0.25, -0.2) is 0 Å². The van der Waals surface area contributed by atoms with E-state index in [1.54, 1.807) is 0 Å². The number of fused-ring (bicyclic) bond motifs is 2. The number of halogens is 2. The van der Waals surface area contributed by atoms with Crippen molar-refractivity contribution in [3.8, 4) is 44.5 Å². The molecule has 0 saturated carbocycles. The molecule has 0 bridgehead atoms. The van der Waals surface area contributed by atoms with E-state index in [1.807, 2.05) is 0 Å². The molecule has 0 nitrogen and oxygen atoms in total. The van der Waals surface area contributed by atoms with E-state index in [0.29, 0.717) is 23.7 Å². The van der Waals surface area contributed by atoms with Crippen LogP contribution in [0.25, 0.3) is 56.7 Å². The first-order chi connectivity index (χ1) is 29.7. The average Bonchev–Trinajstić information content (AvgIpc) is 3.90. The number of hydrogen-bond donors (Lipinski definition) is 0. The fourth-order valence-corrected chi connectivity index (χ4v) is 42.3. The molecular weight excluding hydrogens is 887 g/mol. The van der Waals surface area contributed by atoms with Crippen molar-refractivity contribution in [2.75, 3.05) is 0 Å². The predicted molar refractivity (Wildman–Crippen MR) is 274 cm³/mol. The van der Waals surface area contributed by atoms with Gasteiger partial charge in [-0.05, 0) is 0 Å². The summed E-state index contributed by atoms with van der Waals surface area (Å²) >= 11 is -5.22. The topological polar surface area (TPSA) is 0 Å². The zero-order chi connectivity index (χ0) is 44.1. The molecule has 62 heavy (non-hydrogen) atoms. The third kappa shape index (κ3) is 7.48. The van der Waals surface area contributed by atoms with E-state index >= 15 is 0 Å². The van der Waals surface area contributed by atoms with Crippen molar-refractivity contribution < 1.29 is 15.6 Å². The SMILES string of the molecule is CCC(C)C1=Cc2c(ccc(-c3ccccc3)c2-c2ccccc2C(C)C)[CH]1[Zr]([Cl])([Cl])([CH]1C(C(C)CC)=Cc2c1ccc(-c1ccccc1)c2-c1ccccc1C(C)C)[SiH](C)C. The molecule has 0 radical (unpaired) electrons. The van der Waals surface area contributed by atoms with Gasteiger partial charge in [0.25, 0.3) is 0 Å². The maximum absolute atomic E-state index is 9.22. The number of benzene rings is 6. The first-order valence-corrected chi connectivity index (χ1v) is 39.7. The second kappa shape index (κ2) is 17.8. The summed E-state index contributed by atoms with van der Waals surface area (Å²) in [7, 11) is 18.4. The summed E-state index contributed by atoms with van der Waals surface area (Å²) in [5, 5.41) is 0. The minimum absolute atomic E-state index is 0.00483. The summed E-state index contributed by atoms with van der Waals surface area (Å²) in [5.41, 5.74) is 21.3. The molecule has 2 aliphatic carbocycles. The number of hydrogen-bond acceptors (Lipinski definition) is 0. The van der Waals surface area contributed by atoms with Crippen LogP contribution in [0.3, 0.4) is 0 Å². The summed E-state index contributed by atoms with van der Waals surface area (Å²) in [6.45, 7) is 23.8. The Morgan fingerprint density at radius 1 is 0.468 bits per heavy atom. The summed E-state index contributed by atoms with van der Waals surface area (Å²) < 4.78 is -0.00966. The standard InChI is InChI=1S/2C28H29.C2H7Si.2ClH.Zr/c2*1-5-20(4)23-17-22-15-16-25(21-11-7-6-8-12-21)28(27(22)18-23)26-14-10-9-13-24(26)19(2)3;1-3-2;;;/h2*6-20H,5H2,1-4H3;3H,1-2H3;2*1H;/q;;;;;+2/p-2. The Hall–Kier alpha value is -3.52. The van der Waals surface area contributed by atoms with Gasteiger partial charge in [0.2, 0.25) is 0 Å². The normalized spacial score (nSPS) is 17.7. The van der Waals surface area contributed by atoms with Crippen LogP contribution in [0.2, 0.25) is 13.1 Å². The zero-order valence-corrected chi connectivity index (χ0v) is 43.7. The van der Waals surface area contributed by atoms with Gasteiger partial charge in [0.1, 0.15) is 0 Å².